The van der Waals surface area contributed by atoms with Crippen molar-refractivity contribution >= 4 is 21.3 Å². The topological polar surface area (TPSA) is 89.1 Å². The number of pyridine rings is 1. The van der Waals surface area contributed by atoms with Gasteiger partial charge in [0, 0.05) is 0 Å². The van der Waals surface area contributed by atoms with Crippen molar-refractivity contribution in [2.45, 2.75) is 57.3 Å². The summed E-state index contributed by atoms with van der Waals surface area (Å²) in [7, 11) is -3.83. The largest absolute Gasteiger partial charge is 0.707 e. The molecular weight excluding hydrogens is 325 g/mol. The van der Waals surface area contributed by atoms with Crippen LogP contribution in [0.3, 0.4) is 0 Å². The number of rotatable bonds is 5. The van der Waals surface area contributed by atoms with E-state index in [9.17, 15) is 0 Å². The minimum Gasteiger partial charge on any atom is -0.509 e. The normalized spacial score (nSPS) is 17.1. The molecule has 0 saturated heterocycles. The van der Waals surface area contributed by atoms with E-state index in [1.54, 1.807) is 10.6 Å². The van der Waals surface area contributed by atoms with Crippen molar-refractivity contribution < 1.29 is 19.1 Å². The maximum Gasteiger partial charge on any atom is 0.707 e. The molecule has 0 amide bonds. The van der Waals surface area contributed by atoms with E-state index < -0.39 is 15.6 Å². The van der Waals surface area contributed by atoms with E-state index in [4.69, 9.17) is 19.1 Å². The summed E-state index contributed by atoms with van der Waals surface area (Å²) in [6.45, 7) is 11.1. The van der Waals surface area contributed by atoms with Gasteiger partial charge in [-0.15, -0.1) is 0 Å². The molecule has 2 aromatic rings. The first kappa shape index (κ1) is 17.4. The van der Waals surface area contributed by atoms with Gasteiger partial charge in [0.2, 0.25) is 0 Å². The Kier molecular flexibility index (Phi) is 4.03. The Morgan fingerprint density at radius 3 is 2.46 bits per heavy atom. The van der Waals surface area contributed by atoms with E-state index in [1.807, 2.05) is 6.07 Å². The van der Waals surface area contributed by atoms with E-state index in [2.05, 4.69) is 43.9 Å². The minimum atomic E-state index is -1.94. The summed E-state index contributed by atoms with van der Waals surface area (Å²) in [6.07, 6.45) is 3.31. The lowest BCUT2D eigenvalue weighted by Gasteiger charge is -2.39. The van der Waals surface area contributed by atoms with Gasteiger partial charge >= 0.3 is 7.32 Å². The molecule has 1 fully saturated rings. The molecule has 130 valence electrons. The summed E-state index contributed by atoms with van der Waals surface area (Å²) >= 11 is 0. The van der Waals surface area contributed by atoms with Crippen molar-refractivity contribution in [1.82, 2.24) is 14.6 Å². The van der Waals surface area contributed by atoms with Gasteiger partial charge in [0.1, 0.15) is 12.1 Å². The third-order valence-corrected chi connectivity index (χ3v) is 9.56. The molecule has 24 heavy (non-hydrogen) atoms. The maximum absolute atomic E-state index is 9.04. The second kappa shape index (κ2) is 5.55. The van der Waals surface area contributed by atoms with Crippen LogP contribution in [0.25, 0.3) is 5.65 Å². The molecule has 1 aliphatic carbocycles. The fraction of sp³-hybridized carbons (Fsp3) is 0.600. The quantitative estimate of drug-likeness (QED) is 0.804. The van der Waals surface area contributed by atoms with Crippen molar-refractivity contribution in [3.05, 3.63) is 24.2 Å². The molecule has 0 atom stereocenters. The first-order valence-electron chi connectivity index (χ1n) is 8.12. The molecule has 7 nitrogen and oxygen atoms in total. The van der Waals surface area contributed by atoms with Crippen LogP contribution in [0.1, 0.15) is 39.3 Å². The van der Waals surface area contributed by atoms with Gasteiger partial charge in [-0.2, -0.15) is 5.10 Å². The van der Waals surface area contributed by atoms with Crippen molar-refractivity contribution in [3.63, 3.8) is 0 Å². The van der Waals surface area contributed by atoms with E-state index in [-0.39, 0.29) is 16.4 Å². The predicted molar refractivity (Wildman–Crippen MR) is 93.0 cm³/mol. The monoisotopic (exact) mass is 349 g/mol. The fourth-order valence-corrected chi connectivity index (χ4v) is 4.19. The van der Waals surface area contributed by atoms with Crippen LogP contribution in [0.15, 0.2) is 18.5 Å². The second-order valence-electron chi connectivity index (χ2n) is 7.88. The van der Waals surface area contributed by atoms with Crippen molar-refractivity contribution in [2.75, 3.05) is 0 Å². The van der Waals surface area contributed by atoms with Crippen LogP contribution in [0.5, 0.6) is 5.75 Å². The van der Waals surface area contributed by atoms with Crippen LogP contribution in [0.4, 0.5) is 0 Å². The zero-order valence-corrected chi connectivity index (χ0v) is 15.8. The molecule has 1 aliphatic rings. The van der Waals surface area contributed by atoms with Crippen LogP contribution >= 0.6 is 0 Å². The highest BCUT2D eigenvalue weighted by Crippen LogP contribution is 2.54. The van der Waals surface area contributed by atoms with Crippen LogP contribution < -0.4 is 4.65 Å². The molecule has 0 unspecified atom stereocenters. The van der Waals surface area contributed by atoms with Gasteiger partial charge < -0.3 is 19.1 Å². The number of aromatic nitrogens is 3. The Balaban J connectivity index is 2.00. The highest BCUT2D eigenvalue weighted by Gasteiger charge is 2.54. The van der Waals surface area contributed by atoms with Gasteiger partial charge in [0.05, 0.1) is 11.3 Å². The first-order chi connectivity index (χ1) is 11.1. The Morgan fingerprint density at radius 2 is 1.92 bits per heavy atom. The number of hydrogen-bond donors (Lipinski definition) is 2. The fourth-order valence-electron chi connectivity index (χ4n) is 2.60. The maximum atomic E-state index is 9.04. The third-order valence-electron chi connectivity index (χ3n) is 5.05. The summed E-state index contributed by atoms with van der Waals surface area (Å²) in [5.41, 5.74) is 1.04. The average Bonchev–Trinajstić information content (AvgIpc) is 3.02. The highest BCUT2D eigenvalue weighted by molar-refractivity contribution is 6.74. The zero-order valence-electron chi connectivity index (χ0n) is 14.8. The Hall–Kier alpha value is -1.42. The van der Waals surface area contributed by atoms with Crippen molar-refractivity contribution in [2.24, 2.45) is 0 Å². The summed E-state index contributed by atoms with van der Waals surface area (Å²) in [4.78, 5) is 4.18. The van der Waals surface area contributed by atoms with Gasteiger partial charge in [-0.25, -0.2) is 9.50 Å². The lowest BCUT2D eigenvalue weighted by molar-refractivity contribution is 0.151. The first-order valence-corrected chi connectivity index (χ1v) is 11.0. The Morgan fingerprint density at radius 1 is 1.25 bits per heavy atom. The molecule has 0 bridgehead atoms. The van der Waals surface area contributed by atoms with Crippen LogP contribution in [0, 0.1) is 0 Å². The van der Waals surface area contributed by atoms with Crippen molar-refractivity contribution in [1.29, 1.82) is 0 Å². The number of hydrogen-bond acceptors (Lipinski definition) is 6. The van der Waals surface area contributed by atoms with Gasteiger partial charge in [-0.3, -0.25) is 0 Å². The molecule has 0 aliphatic heterocycles. The van der Waals surface area contributed by atoms with Crippen LogP contribution in [0.2, 0.25) is 18.1 Å². The lowest BCUT2D eigenvalue weighted by atomic mass is 10.2. The lowest BCUT2D eigenvalue weighted by Crippen LogP contribution is -2.44. The van der Waals surface area contributed by atoms with Gasteiger partial charge in [0.25, 0.3) is 0 Å². The third kappa shape index (κ3) is 2.97. The smallest absolute Gasteiger partial charge is 0.509 e. The summed E-state index contributed by atoms with van der Waals surface area (Å²) < 4.78 is 13.4. The average molecular weight is 349 g/mol. The van der Waals surface area contributed by atoms with E-state index in [1.165, 1.54) is 6.33 Å². The number of fused-ring (bicyclic) bond motifs is 1. The minimum absolute atomic E-state index is 0.119. The van der Waals surface area contributed by atoms with Gasteiger partial charge in [0.15, 0.2) is 14.0 Å². The van der Waals surface area contributed by atoms with Gasteiger partial charge in [-0.05, 0) is 43.1 Å². The SMILES string of the molecule is CC(C)(C)[Si](C)(C)OC1(c2ccc(OB(O)O)c3ncnn23)CC1. The summed E-state index contributed by atoms with van der Waals surface area (Å²) in [6, 6.07) is 3.56. The molecule has 0 aromatic carbocycles. The molecule has 2 aromatic heterocycles. The molecule has 9 heteroatoms. The van der Waals surface area contributed by atoms with Gasteiger partial charge in [-0.1, -0.05) is 20.8 Å². The predicted octanol–water partition coefficient (Wildman–Crippen LogP) is 2.09. The molecule has 0 spiro atoms. The van der Waals surface area contributed by atoms with Crippen molar-refractivity contribution in [3.8, 4) is 5.75 Å². The molecule has 2 N–H and O–H groups in total. The molecule has 1 saturated carbocycles. The Bertz CT molecular complexity index is 753. The van der Waals surface area contributed by atoms with E-state index in [0.29, 0.717) is 5.65 Å². The van der Waals surface area contributed by atoms with E-state index in [0.717, 1.165) is 18.5 Å². The summed E-state index contributed by atoms with van der Waals surface area (Å²) in [5, 5.41) is 22.5. The Labute approximate surface area is 142 Å². The molecule has 2 heterocycles. The van der Waals surface area contributed by atoms with Crippen LogP contribution in [-0.2, 0) is 10.0 Å². The van der Waals surface area contributed by atoms with Crippen LogP contribution in [-0.4, -0.2) is 40.3 Å². The molecule has 0 radical (unpaired) electrons. The van der Waals surface area contributed by atoms with E-state index >= 15 is 0 Å². The standard InChI is InChI=1S/C15H24BN3O4Si/c1-14(2,3)24(4,5)23-15(8-9-15)12-7-6-11(22-16(20)21)13-17-10-18-19(12)13/h6-7,10,20-21H,8-9H2,1-5H3. The summed E-state index contributed by atoms with van der Waals surface area (Å²) in [5.74, 6) is 0.273. The molecular formula is C15H24BN3O4Si. The molecule has 3 rings (SSSR count). The highest BCUT2D eigenvalue weighted by atomic mass is 28.4. The zero-order chi connectivity index (χ0) is 17.8. The number of nitrogens with zero attached hydrogens (tertiary/aromatic N) is 3. The second-order valence-corrected chi connectivity index (χ2v) is 12.6.